The second kappa shape index (κ2) is 13.9. The second-order valence-corrected chi connectivity index (χ2v) is 19.2. The van der Waals surface area contributed by atoms with Crippen molar-refractivity contribution in [1.29, 1.82) is 0 Å². The van der Waals surface area contributed by atoms with Gasteiger partial charge in [0.1, 0.15) is 11.4 Å². The summed E-state index contributed by atoms with van der Waals surface area (Å²) in [5.74, 6) is 0.734. The van der Waals surface area contributed by atoms with Crippen molar-refractivity contribution >= 4 is 33.2 Å². The smallest absolute Gasteiger partial charge is 0.264 e. The summed E-state index contributed by atoms with van der Waals surface area (Å²) in [5.41, 5.74) is 3.02. The first-order valence-electron chi connectivity index (χ1n) is 19.6. The van der Waals surface area contributed by atoms with E-state index in [1.807, 2.05) is 18.2 Å². The Morgan fingerprint density at radius 2 is 1.87 bits per heavy atom. The number of piperazine rings is 1. The number of benzene rings is 2. The normalized spacial score (nSPS) is 35.2. The number of rotatable bonds is 5. The van der Waals surface area contributed by atoms with Crippen LogP contribution < -0.4 is 14.4 Å². The second-order valence-electron chi connectivity index (χ2n) is 16.6. The molecule has 6 aliphatic rings. The predicted molar refractivity (Wildman–Crippen MR) is 206 cm³/mol. The highest BCUT2D eigenvalue weighted by molar-refractivity contribution is 7.91. The topological polar surface area (TPSA) is 91.4 Å². The number of nitrogens with zero attached hydrogens (tertiary/aromatic N) is 3. The van der Waals surface area contributed by atoms with Crippen molar-refractivity contribution in [1.82, 2.24) is 14.5 Å². The molecule has 1 N–H and O–H groups in total. The fourth-order valence-corrected chi connectivity index (χ4v) is 11.9. The number of hydrogen-bond donors (Lipinski definition) is 1. The summed E-state index contributed by atoms with van der Waals surface area (Å²) in [7, 11) is -3.92. The molecule has 2 aromatic carbocycles. The van der Waals surface area contributed by atoms with E-state index in [9.17, 15) is 13.2 Å². The minimum Gasteiger partial charge on any atom is -0.490 e. The first kappa shape index (κ1) is 36.4. The highest BCUT2D eigenvalue weighted by Crippen LogP contribution is 2.53. The minimum atomic E-state index is -3.92. The molecule has 1 spiro atoms. The van der Waals surface area contributed by atoms with Crippen LogP contribution >= 0.6 is 11.6 Å². The molecule has 2 bridgehead atoms. The van der Waals surface area contributed by atoms with Gasteiger partial charge in [0.05, 0.1) is 17.0 Å². The van der Waals surface area contributed by atoms with E-state index in [1.54, 1.807) is 13.0 Å². The molecule has 52 heavy (non-hydrogen) atoms. The number of amides is 1. The molecule has 1 amide bonds. The van der Waals surface area contributed by atoms with Crippen LogP contribution in [0.2, 0.25) is 5.02 Å². The average Bonchev–Trinajstić information content (AvgIpc) is 3.82. The zero-order chi connectivity index (χ0) is 36.3. The highest BCUT2D eigenvalue weighted by Gasteiger charge is 2.60. The summed E-state index contributed by atoms with van der Waals surface area (Å²) in [5, 5.41) is 0.754. The lowest BCUT2D eigenvalue weighted by Crippen LogP contribution is -2.59. The average molecular weight is 751 g/mol. The van der Waals surface area contributed by atoms with E-state index in [0.29, 0.717) is 43.5 Å². The van der Waals surface area contributed by atoms with Crippen LogP contribution in [0, 0.1) is 17.8 Å². The van der Waals surface area contributed by atoms with Gasteiger partial charge in [0, 0.05) is 68.4 Å². The van der Waals surface area contributed by atoms with Crippen LogP contribution in [0.25, 0.3) is 0 Å². The van der Waals surface area contributed by atoms with Crippen LogP contribution in [-0.2, 0) is 26.6 Å². The standard InChI is InChI=1S/C41H55ClN4O5S/c1-4-44-18-20-45(21-19-44)27-41(51-5-2)17-7-9-32-24-39(32,3)52(48,49)43-38(47)30-11-15-37-36(23-30)46(25-31-10-13-35(31)41)26-40(28-50-37)16-6-8-29-22-33(42)12-14-34(29)40/h7,11-12,14-15,17,22-23,31-32,35H,4-6,8-10,13,16,18-21,24-28H2,1-3H3,(H,43,47)/b17-7+/t31-,32+,35+,39+,40-,41+/m0/s1. The van der Waals surface area contributed by atoms with Crippen LogP contribution in [0.15, 0.2) is 48.6 Å². The molecule has 11 heteroatoms. The van der Waals surface area contributed by atoms with Crippen molar-refractivity contribution in [2.45, 2.75) is 81.5 Å². The van der Waals surface area contributed by atoms with E-state index in [2.05, 4.69) is 57.6 Å². The Morgan fingerprint density at radius 3 is 2.62 bits per heavy atom. The Bertz CT molecular complexity index is 1830. The molecule has 3 fully saturated rings. The van der Waals surface area contributed by atoms with Gasteiger partial charge in [-0.1, -0.05) is 36.7 Å². The SMILES string of the molecule is CCO[C@@]1(CN2CCN(CC)CC2)/C=C/C[C@@H]2C[C@@]2(C)S(=O)(=O)NC(=O)c2ccc3c(c2)N(C[C@@H]2CC[C@H]21)C[C@@]1(CCCc2cc(Cl)ccc21)CO3. The van der Waals surface area contributed by atoms with E-state index < -0.39 is 26.3 Å². The van der Waals surface area contributed by atoms with Gasteiger partial charge in [-0.3, -0.25) is 9.69 Å². The first-order valence-corrected chi connectivity index (χ1v) is 21.5. The number of fused-ring (bicyclic) bond motifs is 5. The van der Waals surface area contributed by atoms with Crippen molar-refractivity contribution in [2.24, 2.45) is 17.8 Å². The maximum atomic E-state index is 13.8. The molecule has 1 saturated heterocycles. The van der Waals surface area contributed by atoms with Gasteiger partial charge in [0.25, 0.3) is 5.91 Å². The van der Waals surface area contributed by atoms with Crippen LogP contribution in [0.1, 0.15) is 80.8 Å². The predicted octanol–water partition coefficient (Wildman–Crippen LogP) is 6.05. The Morgan fingerprint density at radius 1 is 1.06 bits per heavy atom. The molecular weight excluding hydrogens is 696 g/mol. The third-order valence-electron chi connectivity index (χ3n) is 13.6. The maximum Gasteiger partial charge on any atom is 0.264 e. The Hall–Kier alpha value is -2.63. The fourth-order valence-electron chi connectivity index (χ4n) is 10.2. The van der Waals surface area contributed by atoms with E-state index in [1.165, 1.54) is 11.1 Å². The monoisotopic (exact) mass is 750 g/mol. The van der Waals surface area contributed by atoms with Gasteiger partial charge in [0.2, 0.25) is 10.0 Å². The van der Waals surface area contributed by atoms with Gasteiger partial charge in [-0.2, -0.15) is 0 Å². The molecule has 3 aliphatic carbocycles. The van der Waals surface area contributed by atoms with Crippen molar-refractivity contribution in [3.63, 3.8) is 0 Å². The molecule has 0 radical (unpaired) electrons. The Kier molecular flexibility index (Phi) is 9.72. The molecule has 8 rings (SSSR count). The van der Waals surface area contributed by atoms with Crippen LogP contribution in [0.3, 0.4) is 0 Å². The molecular formula is C41H55ClN4O5S. The number of aryl methyl sites for hydroxylation is 1. The Labute approximate surface area is 315 Å². The molecule has 2 saturated carbocycles. The van der Waals surface area contributed by atoms with E-state index in [4.69, 9.17) is 21.1 Å². The molecule has 9 nitrogen and oxygen atoms in total. The largest absolute Gasteiger partial charge is 0.490 e. The number of ether oxygens (including phenoxy) is 2. The van der Waals surface area contributed by atoms with Crippen molar-refractivity contribution in [3.05, 3.63) is 70.3 Å². The van der Waals surface area contributed by atoms with E-state index >= 15 is 0 Å². The number of carbonyl (C=O) groups is 1. The van der Waals surface area contributed by atoms with Crippen LogP contribution in [-0.4, -0.2) is 100 Å². The zero-order valence-electron chi connectivity index (χ0n) is 31.0. The summed E-state index contributed by atoms with van der Waals surface area (Å²) >= 11 is 6.51. The zero-order valence-corrected chi connectivity index (χ0v) is 32.6. The number of halogens is 1. The van der Waals surface area contributed by atoms with Gasteiger partial charge >= 0.3 is 0 Å². The number of allylic oxidation sites excluding steroid dienone is 1. The maximum absolute atomic E-state index is 13.8. The summed E-state index contributed by atoms with van der Waals surface area (Å²) in [6.45, 7) is 14.8. The van der Waals surface area contributed by atoms with Crippen molar-refractivity contribution in [2.75, 3.05) is 70.5 Å². The number of hydrogen-bond acceptors (Lipinski definition) is 8. The highest BCUT2D eigenvalue weighted by atomic mass is 35.5. The van der Waals surface area contributed by atoms with Gasteiger partial charge in [-0.25, -0.2) is 13.1 Å². The summed E-state index contributed by atoms with van der Waals surface area (Å²) < 4.78 is 42.7. The van der Waals surface area contributed by atoms with Gasteiger partial charge in [-0.05, 0) is 125 Å². The fraction of sp³-hybridized carbons (Fsp3) is 0.634. The van der Waals surface area contributed by atoms with Gasteiger partial charge in [0.15, 0.2) is 0 Å². The number of nitrogens with one attached hydrogen (secondary N) is 1. The van der Waals surface area contributed by atoms with Gasteiger partial charge < -0.3 is 19.3 Å². The number of sulfonamides is 1. The summed E-state index contributed by atoms with van der Waals surface area (Å²) in [6, 6.07) is 11.7. The lowest BCUT2D eigenvalue weighted by molar-refractivity contribution is -0.112. The van der Waals surface area contributed by atoms with E-state index in [-0.39, 0.29) is 11.3 Å². The summed E-state index contributed by atoms with van der Waals surface area (Å²) in [4.78, 5) is 21.3. The molecule has 3 aliphatic heterocycles. The summed E-state index contributed by atoms with van der Waals surface area (Å²) in [6.07, 6.45) is 10.9. The molecule has 2 aromatic rings. The molecule has 0 unspecified atom stereocenters. The molecule has 0 aromatic heterocycles. The van der Waals surface area contributed by atoms with E-state index in [0.717, 1.165) is 101 Å². The third-order valence-corrected chi connectivity index (χ3v) is 16.0. The number of carbonyl (C=O) groups excluding carboxylic acids is 1. The number of anilines is 1. The number of likely N-dealkylation sites (N-methyl/N-ethyl adjacent to an activating group) is 1. The van der Waals surface area contributed by atoms with Crippen molar-refractivity contribution in [3.8, 4) is 5.75 Å². The quantitative estimate of drug-likeness (QED) is 0.370. The van der Waals surface area contributed by atoms with Gasteiger partial charge in [-0.15, -0.1) is 0 Å². The lowest BCUT2D eigenvalue weighted by Gasteiger charge is -2.52. The third kappa shape index (κ3) is 6.48. The Balaban J connectivity index is 1.21. The van der Waals surface area contributed by atoms with Crippen LogP contribution in [0.4, 0.5) is 5.69 Å². The molecule has 282 valence electrons. The molecule has 3 heterocycles. The lowest BCUT2D eigenvalue weighted by atomic mass is 9.63. The molecule has 6 atom stereocenters. The minimum absolute atomic E-state index is 0.0630. The first-order chi connectivity index (χ1) is 25.0. The van der Waals surface area contributed by atoms with Crippen LogP contribution in [0.5, 0.6) is 5.75 Å². The van der Waals surface area contributed by atoms with Crippen molar-refractivity contribution < 1.29 is 22.7 Å².